The van der Waals surface area contributed by atoms with Crippen LogP contribution >= 0.6 is 0 Å². The molecule has 13 heavy (non-hydrogen) atoms. The van der Waals surface area contributed by atoms with Gasteiger partial charge in [-0.1, -0.05) is 6.92 Å². The van der Waals surface area contributed by atoms with E-state index in [0.717, 1.165) is 18.7 Å². The van der Waals surface area contributed by atoms with Gasteiger partial charge >= 0.3 is 0 Å². The first-order valence-corrected chi connectivity index (χ1v) is 4.53. The van der Waals surface area contributed by atoms with E-state index in [1.807, 2.05) is 13.0 Å². The van der Waals surface area contributed by atoms with Crippen LogP contribution in [0.25, 0.3) is 0 Å². The number of methoxy groups -OCH3 is 1. The molecule has 1 rings (SSSR count). The molecule has 0 aromatic carbocycles. The van der Waals surface area contributed by atoms with Crippen LogP contribution in [0.2, 0.25) is 0 Å². The topological polar surface area (TPSA) is 34.2 Å². The molecule has 3 heteroatoms. The monoisotopic (exact) mass is 180 g/mol. The number of hydrogen-bond acceptors (Lipinski definition) is 3. The zero-order valence-electron chi connectivity index (χ0n) is 8.42. The molecule has 0 fully saturated rings. The second-order valence-corrected chi connectivity index (χ2v) is 2.94. The smallest absolute Gasteiger partial charge is 0.237 e. The molecular weight excluding hydrogens is 164 g/mol. The lowest BCUT2D eigenvalue weighted by Crippen LogP contribution is -2.04. The van der Waals surface area contributed by atoms with E-state index >= 15 is 0 Å². The zero-order chi connectivity index (χ0) is 9.68. The number of hydrogen-bond donors (Lipinski definition) is 1. The zero-order valence-corrected chi connectivity index (χ0v) is 8.42. The highest BCUT2D eigenvalue weighted by Gasteiger charge is 2.05. The van der Waals surface area contributed by atoms with Gasteiger partial charge in [-0.2, -0.15) is 0 Å². The number of pyridine rings is 1. The molecule has 1 aromatic rings. The summed E-state index contributed by atoms with van der Waals surface area (Å²) in [4.78, 5) is 4.13. The van der Waals surface area contributed by atoms with Crippen molar-refractivity contribution in [2.75, 3.05) is 19.0 Å². The molecule has 0 aliphatic carbocycles. The van der Waals surface area contributed by atoms with Crippen molar-refractivity contribution in [1.82, 2.24) is 4.98 Å². The molecular formula is C10H16N2O. The molecule has 0 radical (unpaired) electrons. The lowest BCUT2D eigenvalue weighted by molar-refractivity contribution is 0.399. The van der Waals surface area contributed by atoms with Crippen molar-refractivity contribution in [2.24, 2.45) is 0 Å². The van der Waals surface area contributed by atoms with Crippen LogP contribution in [0.15, 0.2) is 12.3 Å². The van der Waals surface area contributed by atoms with Crippen LogP contribution in [-0.4, -0.2) is 18.6 Å². The van der Waals surface area contributed by atoms with Gasteiger partial charge in [-0.15, -0.1) is 0 Å². The Hall–Kier alpha value is -1.25. The third-order valence-corrected chi connectivity index (χ3v) is 1.87. The number of nitrogens with one attached hydrogen (secondary N) is 1. The average molecular weight is 180 g/mol. The Balaban J connectivity index is 2.87. The minimum absolute atomic E-state index is 0.674. The summed E-state index contributed by atoms with van der Waals surface area (Å²) in [6.45, 7) is 5.12. The molecule has 1 aromatic heterocycles. The molecule has 1 heterocycles. The molecule has 0 unspecified atom stereocenters. The van der Waals surface area contributed by atoms with Crippen molar-refractivity contribution in [2.45, 2.75) is 20.3 Å². The van der Waals surface area contributed by atoms with Gasteiger partial charge in [0, 0.05) is 12.7 Å². The molecule has 0 spiro atoms. The number of ether oxygens (including phenoxy) is 1. The van der Waals surface area contributed by atoms with Crippen molar-refractivity contribution in [3.63, 3.8) is 0 Å². The van der Waals surface area contributed by atoms with Crippen LogP contribution in [0.1, 0.15) is 18.9 Å². The summed E-state index contributed by atoms with van der Waals surface area (Å²) in [5, 5.41) is 3.29. The van der Waals surface area contributed by atoms with E-state index in [0.29, 0.717) is 5.88 Å². The summed E-state index contributed by atoms with van der Waals surface area (Å²) < 4.78 is 5.15. The van der Waals surface area contributed by atoms with Crippen molar-refractivity contribution in [3.8, 4) is 5.88 Å². The summed E-state index contributed by atoms with van der Waals surface area (Å²) >= 11 is 0. The molecule has 0 aliphatic heterocycles. The molecule has 72 valence electrons. The second-order valence-electron chi connectivity index (χ2n) is 2.94. The van der Waals surface area contributed by atoms with Crippen LogP contribution in [0.4, 0.5) is 5.69 Å². The highest BCUT2D eigenvalue weighted by Crippen LogP contribution is 2.24. The Morgan fingerprint density at radius 1 is 1.54 bits per heavy atom. The highest BCUT2D eigenvalue weighted by molar-refractivity contribution is 5.57. The highest BCUT2D eigenvalue weighted by atomic mass is 16.5. The van der Waals surface area contributed by atoms with Crippen LogP contribution in [0.3, 0.4) is 0 Å². The standard InChI is InChI=1S/C10H16N2O/c1-4-6-11-9-8(2)5-7-12-10(9)13-3/h5,7,11H,4,6H2,1-3H3. The van der Waals surface area contributed by atoms with E-state index in [-0.39, 0.29) is 0 Å². The first kappa shape index (κ1) is 9.84. The van der Waals surface area contributed by atoms with Gasteiger partial charge in [0.05, 0.1) is 7.11 Å². The first-order chi connectivity index (χ1) is 6.29. The minimum atomic E-state index is 0.674. The molecule has 1 N–H and O–H groups in total. The largest absolute Gasteiger partial charge is 0.480 e. The van der Waals surface area contributed by atoms with Crippen molar-refractivity contribution in [3.05, 3.63) is 17.8 Å². The van der Waals surface area contributed by atoms with E-state index < -0.39 is 0 Å². The third-order valence-electron chi connectivity index (χ3n) is 1.87. The number of rotatable bonds is 4. The summed E-state index contributed by atoms with van der Waals surface area (Å²) in [6, 6.07) is 1.97. The number of aromatic nitrogens is 1. The third kappa shape index (κ3) is 2.34. The normalized spacial score (nSPS) is 9.77. The second kappa shape index (κ2) is 4.70. The Bertz CT molecular complexity index is 274. The quantitative estimate of drug-likeness (QED) is 0.771. The molecule has 3 nitrogen and oxygen atoms in total. The molecule has 0 saturated carbocycles. The van der Waals surface area contributed by atoms with Gasteiger partial charge in [0.2, 0.25) is 5.88 Å². The fraction of sp³-hybridized carbons (Fsp3) is 0.500. The number of aryl methyl sites for hydroxylation is 1. The van der Waals surface area contributed by atoms with E-state index in [2.05, 4.69) is 17.2 Å². The van der Waals surface area contributed by atoms with Gasteiger partial charge < -0.3 is 10.1 Å². The van der Waals surface area contributed by atoms with Gasteiger partial charge in [0.15, 0.2) is 0 Å². The fourth-order valence-electron chi connectivity index (χ4n) is 1.15. The number of nitrogens with zero attached hydrogens (tertiary/aromatic N) is 1. The minimum Gasteiger partial charge on any atom is -0.480 e. The maximum absolute atomic E-state index is 5.15. The average Bonchev–Trinajstić information content (AvgIpc) is 2.15. The van der Waals surface area contributed by atoms with Crippen LogP contribution in [-0.2, 0) is 0 Å². The van der Waals surface area contributed by atoms with Crippen molar-refractivity contribution >= 4 is 5.69 Å². The van der Waals surface area contributed by atoms with Gasteiger partial charge in [-0.25, -0.2) is 4.98 Å². The Kier molecular flexibility index (Phi) is 3.55. The summed E-state index contributed by atoms with van der Waals surface area (Å²) in [5.74, 6) is 0.674. The molecule has 0 aliphatic rings. The maximum Gasteiger partial charge on any atom is 0.237 e. The van der Waals surface area contributed by atoms with Gasteiger partial charge in [0.25, 0.3) is 0 Å². The van der Waals surface area contributed by atoms with E-state index in [1.165, 1.54) is 5.56 Å². The predicted octanol–water partition coefficient (Wildman–Crippen LogP) is 2.22. The molecule has 0 amide bonds. The van der Waals surface area contributed by atoms with Gasteiger partial charge in [-0.05, 0) is 25.0 Å². The van der Waals surface area contributed by atoms with Gasteiger partial charge in [-0.3, -0.25) is 0 Å². The maximum atomic E-state index is 5.15. The van der Waals surface area contributed by atoms with Crippen LogP contribution < -0.4 is 10.1 Å². The van der Waals surface area contributed by atoms with Crippen LogP contribution in [0.5, 0.6) is 5.88 Å². The van der Waals surface area contributed by atoms with Crippen molar-refractivity contribution < 1.29 is 4.74 Å². The molecule has 0 atom stereocenters. The van der Waals surface area contributed by atoms with E-state index in [4.69, 9.17) is 4.74 Å². The Morgan fingerprint density at radius 3 is 2.92 bits per heavy atom. The summed E-state index contributed by atoms with van der Waals surface area (Å²) in [7, 11) is 1.64. The predicted molar refractivity (Wildman–Crippen MR) is 54.3 cm³/mol. The SMILES string of the molecule is CCCNc1c(C)ccnc1OC. The first-order valence-electron chi connectivity index (χ1n) is 4.53. The lowest BCUT2D eigenvalue weighted by atomic mass is 10.2. The van der Waals surface area contributed by atoms with Crippen molar-refractivity contribution in [1.29, 1.82) is 0 Å². The summed E-state index contributed by atoms with van der Waals surface area (Å²) in [6.07, 6.45) is 2.85. The molecule has 0 bridgehead atoms. The summed E-state index contributed by atoms with van der Waals surface area (Å²) in [5.41, 5.74) is 2.17. The fourth-order valence-corrected chi connectivity index (χ4v) is 1.15. The molecule has 0 saturated heterocycles. The van der Waals surface area contributed by atoms with Crippen LogP contribution in [0, 0.1) is 6.92 Å². The van der Waals surface area contributed by atoms with Gasteiger partial charge in [0.1, 0.15) is 5.69 Å². The van der Waals surface area contributed by atoms with E-state index in [9.17, 15) is 0 Å². The Labute approximate surface area is 79.1 Å². The lowest BCUT2D eigenvalue weighted by Gasteiger charge is -2.11. The number of anilines is 1. The van der Waals surface area contributed by atoms with E-state index in [1.54, 1.807) is 13.3 Å². The Morgan fingerprint density at radius 2 is 2.31 bits per heavy atom.